The molecule has 0 spiro atoms. The second kappa shape index (κ2) is 17.2. The van der Waals surface area contributed by atoms with Gasteiger partial charge < -0.3 is 21.3 Å². The van der Waals surface area contributed by atoms with Crippen molar-refractivity contribution in [3.63, 3.8) is 0 Å². The molecule has 1 fully saturated rings. The fourth-order valence-corrected chi connectivity index (χ4v) is 5.57. The molecule has 2 aromatic carbocycles. The molecule has 0 aliphatic carbocycles. The van der Waals surface area contributed by atoms with Crippen molar-refractivity contribution < 1.29 is 9.59 Å². The summed E-state index contributed by atoms with van der Waals surface area (Å²) < 4.78 is 0. The van der Waals surface area contributed by atoms with Gasteiger partial charge in [0, 0.05) is 24.5 Å². The maximum Gasteiger partial charge on any atom is 0.241 e. The molecule has 0 radical (unpaired) electrons. The van der Waals surface area contributed by atoms with Gasteiger partial charge in [0.1, 0.15) is 0 Å². The highest BCUT2D eigenvalue weighted by atomic mass is 16.2. The number of nitrogens with zero attached hydrogens (tertiary/aromatic N) is 1. The van der Waals surface area contributed by atoms with E-state index in [1.165, 1.54) is 19.3 Å². The van der Waals surface area contributed by atoms with E-state index in [0.717, 1.165) is 98.5 Å². The first kappa shape index (κ1) is 31.8. The summed E-state index contributed by atoms with van der Waals surface area (Å²) >= 11 is 0. The number of hydrogen-bond acceptors (Lipinski definition) is 5. The predicted octanol–water partition coefficient (Wildman–Crippen LogP) is 5.48. The molecule has 3 rings (SSSR count). The maximum absolute atomic E-state index is 13.4. The summed E-state index contributed by atoms with van der Waals surface area (Å²) in [5, 5.41) is 13.0. The van der Waals surface area contributed by atoms with E-state index >= 15 is 0 Å². The van der Waals surface area contributed by atoms with Crippen LogP contribution in [0.3, 0.4) is 0 Å². The summed E-state index contributed by atoms with van der Waals surface area (Å²) in [6.45, 7) is 13.0. The highest BCUT2D eigenvalue weighted by molar-refractivity contribution is 5.96. The van der Waals surface area contributed by atoms with Gasteiger partial charge in [-0.05, 0) is 95.3 Å². The Kier molecular flexibility index (Phi) is 13.6. The minimum Gasteiger partial charge on any atom is -0.324 e. The van der Waals surface area contributed by atoms with E-state index < -0.39 is 0 Å². The SMILES string of the molecule is Cc1cccc(C)c1NC(=O)CNCCNCCCCCN1CCCCCCC1C(=O)Nc1c(C)cccc1C. The Morgan fingerprint density at radius 2 is 1.32 bits per heavy atom. The van der Waals surface area contributed by atoms with Gasteiger partial charge in [0.2, 0.25) is 11.8 Å². The number of rotatable bonds is 14. The number of hydrogen-bond donors (Lipinski definition) is 4. The van der Waals surface area contributed by atoms with Gasteiger partial charge in [-0.15, -0.1) is 0 Å². The van der Waals surface area contributed by atoms with E-state index in [9.17, 15) is 9.59 Å². The summed E-state index contributed by atoms with van der Waals surface area (Å²) in [7, 11) is 0. The molecule has 1 atom stereocenters. The summed E-state index contributed by atoms with van der Waals surface area (Å²) in [6, 6.07) is 12.1. The minimum atomic E-state index is -0.0459. The zero-order valence-electron chi connectivity index (χ0n) is 25.2. The molecule has 1 aliphatic rings. The molecule has 2 aromatic rings. The average Bonchev–Trinajstić information content (AvgIpc) is 2.90. The van der Waals surface area contributed by atoms with Gasteiger partial charge in [-0.3, -0.25) is 14.5 Å². The van der Waals surface area contributed by atoms with Crippen LogP contribution in [0.4, 0.5) is 11.4 Å². The van der Waals surface area contributed by atoms with Crippen molar-refractivity contribution in [3.05, 3.63) is 58.7 Å². The van der Waals surface area contributed by atoms with Crippen LogP contribution < -0.4 is 21.3 Å². The van der Waals surface area contributed by atoms with Crippen molar-refractivity contribution in [2.75, 3.05) is 49.9 Å². The standard InChI is InChI=1S/C33H51N5O2/c1-25-14-12-15-26(2)31(25)36-30(39)24-35-21-20-34-19-9-7-11-23-38-22-10-6-5-8-18-29(38)33(40)37-32-27(3)16-13-17-28(32)4/h12-17,29,34-35H,5-11,18-24H2,1-4H3,(H,36,39)(H,37,40). The Morgan fingerprint density at radius 3 is 2.00 bits per heavy atom. The average molecular weight is 550 g/mol. The van der Waals surface area contributed by atoms with Crippen LogP contribution in [-0.2, 0) is 9.59 Å². The van der Waals surface area contributed by atoms with Gasteiger partial charge in [-0.1, -0.05) is 62.1 Å². The Morgan fingerprint density at radius 1 is 0.725 bits per heavy atom. The van der Waals surface area contributed by atoms with E-state index in [-0.39, 0.29) is 17.9 Å². The van der Waals surface area contributed by atoms with Crippen molar-refractivity contribution in [3.8, 4) is 0 Å². The molecule has 1 unspecified atom stereocenters. The highest BCUT2D eigenvalue weighted by Crippen LogP contribution is 2.23. The number of amides is 2. The molecule has 2 amide bonds. The van der Waals surface area contributed by atoms with Crippen molar-refractivity contribution in [1.82, 2.24) is 15.5 Å². The van der Waals surface area contributed by atoms with Crippen molar-refractivity contribution in [1.29, 1.82) is 0 Å². The third kappa shape index (κ3) is 10.3. The van der Waals surface area contributed by atoms with Crippen LogP contribution in [0.2, 0.25) is 0 Å². The van der Waals surface area contributed by atoms with E-state index in [4.69, 9.17) is 0 Å². The number of nitrogens with one attached hydrogen (secondary N) is 4. The summed E-state index contributed by atoms with van der Waals surface area (Å²) in [5.41, 5.74) is 6.28. The molecule has 7 heteroatoms. The molecule has 7 nitrogen and oxygen atoms in total. The minimum absolute atomic E-state index is 0.0114. The van der Waals surface area contributed by atoms with Gasteiger partial charge in [-0.25, -0.2) is 0 Å². The second-order valence-electron chi connectivity index (χ2n) is 11.3. The quantitative estimate of drug-likeness (QED) is 0.235. The van der Waals surface area contributed by atoms with Gasteiger partial charge in [0.05, 0.1) is 12.6 Å². The van der Waals surface area contributed by atoms with Crippen LogP contribution in [0.5, 0.6) is 0 Å². The molecular weight excluding hydrogens is 498 g/mol. The second-order valence-corrected chi connectivity index (χ2v) is 11.3. The molecule has 1 saturated heterocycles. The lowest BCUT2D eigenvalue weighted by atomic mass is 10.00. The number of para-hydroxylation sites is 2. The normalized spacial score (nSPS) is 16.2. The van der Waals surface area contributed by atoms with Crippen LogP contribution in [0, 0.1) is 27.7 Å². The first-order valence-electron chi connectivity index (χ1n) is 15.3. The molecule has 0 aromatic heterocycles. The first-order chi connectivity index (χ1) is 19.4. The Hall–Kier alpha value is -2.74. The number of unbranched alkanes of at least 4 members (excludes halogenated alkanes) is 2. The Bertz CT molecular complexity index is 1050. The first-order valence-corrected chi connectivity index (χ1v) is 15.3. The highest BCUT2D eigenvalue weighted by Gasteiger charge is 2.27. The maximum atomic E-state index is 13.4. The van der Waals surface area contributed by atoms with Crippen LogP contribution in [0.1, 0.15) is 73.6 Å². The molecule has 1 heterocycles. The largest absolute Gasteiger partial charge is 0.324 e. The fraction of sp³-hybridized carbons (Fsp3) is 0.576. The lowest BCUT2D eigenvalue weighted by Crippen LogP contribution is -2.45. The predicted molar refractivity (Wildman–Crippen MR) is 167 cm³/mol. The van der Waals surface area contributed by atoms with E-state index in [1.807, 2.05) is 38.1 Å². The van der Waals surface area contributed by atoms with Crippen molar-refractivity contribution in [2.45, 2.75) is 85.1 Å². The number of carbonyl (C=O) groups is 2. The lowest BCUT2D eigenvalue weighted by Gasteiger charge is -2.33. The number of anilines is 2. The molecule has 1 aliphatic heterocycles. The molecule has 0 bridgehead atoms. The van der Waals surface area contributed by atoms with Crippen molar-refractivity contribution in [2.24, 2.45) is 0 Å². The summed E-state index contributed by atoms with van der Waals surface area (Å²) in [4.78, 5) is 28.1. The van der Waals surface area contributed by atoms with E-state index in [2.05, 4.69) is 52.1 Å². The third-order valence-corrected chi connectivity index (χ3v) is 7.95. The molecular formula is C33H51N5O2. The smallest absolute Gasteiger partial charge is 0.241 e. The zero-order valence-corrected chi connectivity index (χ0v) is 25.2. The third-order valence-electron chi connectivity index (χ3n) is 7.95. The van der Waals surface area contributed by atoms with Crippen LogP contribution >= 0.6 is 0 Å². The monoisotopic (exact) mass is 549 g/mol. The number of carbonyl (C=O) groups excluding carboxylic acids is 2. The van der Waals surface area contributed by atoms with E-state index in [0.29, 0.717) is 6.54 Å². The number of benzene rings is 2. The molecule has 40 heavy (non-hydrogen) atoms. The van der Waals surface area contributed by atoms with Crippen LogP contribution in [0.25, 0.3) is 0 Å². The summed E-state index contributed by atoms with van der Waals surface area (Å²) in [6.07, 6.45) is 9.06. The molecule has 0 saturated carbocycles. The van der Waals surface area contributed by atoms with Gasteiger partial charge in [0.15, 0.2) is 0 Å². The van der Waals surface area contributed by atoms with Crippen LogP contribution in [0.15, 0.2) is 36.4 Å². The van der Waals surface area contributed by atoms with Gasteiger partial charge in [0.25, 0.3) is 0 Å². The van der Waals surface area contributed by atoms with Gasteiger partial charge in [-0.2, -0.15) is 0 Å². The molecule has 4 N–H and O–H groups in total. The van der Waals surface area contributed by atoms with Crippen LogP contribution in [-0.4, -0.2) is 62.0 Å². The number of likely N-dealkylation sites (tertiary alicyclic amines) is 1. The lowest BCUT2D eigenvalue weighted by molar-refractivity contribution is -0.122. The van der Waals surface area contributed by atoms with E-state index in [1.54, 1.807) is 0 Å². The fourth-order valence-electron chi connectivity index (χ4n) is 5.57. The summed E-state index contributed by atoms with van der Waals surface area (Å²) in [5.74, 6) is 0.138. The topological polar surface area (TPSA) is 85.5 Å². The Balaban J connectivity index is 1.30. The zero-order chi connectivity index (χ0) is 28.7. The van der Waals surface area contributed by atoms with Crippen molar-refractivity contribution >= 4 is 23.2 Å². The van der Waals surface area contributed by atoms with Gasteiger partial charge >= 0.3 is 0 Å². The Labute approximate surface area is 241 Å². The number of aryl methyl sites for hydroxylation is 4. The molecule has 220 valence electrons.